The van der Waals surface area contributed by atoms with Crippen molar-refractivity contribution in [1.82, 2.24) is 5.32 Å². The molecular weight excluding hydrogens is 372 g/mol. The maximum Gasteiger partial charge on any atom is 0.223 e. The minimum atomic E-state index is -0.433. The van der Waals surface area contributed by atoms with Crippen molar-refractivity contribution in [3.63, 3.8) is 0 Å². The third kappa shape index (κ3) is 4.40. The number of piperidine rings is 1. The fraction of sp³-hybridized carbons (Fsp3) is 0.391. The quantitative estimate of drug-likeness (QED) is 0.824. The Morgan fingerprint density at radius 3 is 2.52 bits per heavy atom. The van der Waals surface area contributed by atoms with Gasteiger partial charge in [-0.05, 0) is 61.4 Å². The van der Waals surface area contributed by atoms with E-state index in [9.17, 15) is 18.8 Å². The van der Waals surface area contributed by atoms with E-state index in [1.165, 1.54) is 12.1 Å². The highest BCUT2D eigenvalue weighted by atomic mass is 19.1. The van der Waals surface area contributed by atoms with Crippen LogP contribution in [0.3, 0.4) is 0 Å². The minimum absolute atomic E-state index is 0.0741. The smallest absolute Gasteiger partial charge is 0.223 e. The number of amides is 1. The van der Waals surface area contributed by atoms with Crippen molar-refractivity contribution in [3.8, 4) is 6.07 Å². The van der Waals surface area contributed by atoms with Gasteiger partial charge in [-0.15, -0.1) is 0 Å². The van der Waals surface area contributed by atoms with Crippen LogP contribution >= 0.6 is 0 Å². The molecule has 2 aliphatic rings. The number of nitrogens with zero attached hydrogens (tertiary/aromatic N) is 2. The lowest BCUT2D eigenvalue weighted by Crippen LogP contribution is -2.40. The van der Waals surface area contributed by atoms with Crippen molar-refractivity contribution in [2.75, 3.05) is 18.0 Å². The van der Waals surface area contributed by atoms with E-state index in [2.05, 4.69) is 5.32 Å². The average molecular weight is 395 g/mol. The second kappa shape index (κ2) is 8.20. The Kier molecular flexibility index (Phi) is 5.48. The summed E-state index contributed by atoms with van der Waals surface area (Å²) in [5, 5.41) is 12.1. The van der Waals surface area contributed by atoms with Gasteiger partial charge in [-0.25, -0.2) is 8.78 Å². The zero-order valence-corrected chi connectivity index (χ0v) is 16.1. The van der Waals surface area contributed by atoms with E-state index in [4.69, 9.17) is 0 Å². The topological polar surface area (TPSA) is 56.1 Å². The maximum absolute atomic E-state index is 14.3. The van der Waals surface area contributed by atoms with Crippen LogP contribution in [0.15, 0.2) is 36.4 Å². The standard InChI is InChI=1S/C23H23F2N3O/c24-20-5-6-22(19(11-20)13-26)28-9-7-16(8-10-28)23(29)27-14-18-4-3-17(12-21(18)25)15-1-2-15/h3-6,11-12,15-16H,1-2,7-10,14H2,(H,27,29). The van der Waals surface area contributed by atoms with Gasteiger partial charge in [-0.2, -0.15) is 5.26 Å². The number of anilines is 1. The summed E-state index contributed by atoms with van der Waals surface area (Å²) in [7, 11) is 0. The molecule has 29 heavy (non-hydrogen) atoms. The maximum atomic E-state index is 14.3. The molecule has 0 unspecified atom stereocenters. The molecule has 0 bridgehead atoms. The van der Waals surface area contributed by atoms with Crippen molar-refractivity contribution in [2.24, 2.45) is 5.92 Å². The number of carbonyl (C=O) groups is 1. The third-order valence-electron chi connectivity index (χ3n) is 5.86. The Labute approximate surface area is 169 Å². The highest BCUT2D eigenvalue weighted by Gasteiger charge is 2.27. The summed E-state index contributed by atoms with van der Waals surface area (Å²) in [6, 6.07) is 11.5. The van der Waals surface area contributed by atoms with E-state index in [-0.39, 0.29) is 24.2 Å². The lowest BCUT2D eigenvalue weighted by molar-refractivity contribution is -0.125. The Hall–Kier alpha value is -2.94. The Bertz CT molecular complexity index is 957. The molecule has 2 fully saturated rings. The van der Waals surface area contributed by atoms with Crippen LogP contribution in [0, 0.1) is 28.9 Å². The number of rotatable bonds is 5. The lowest BCUT2D eigenvalue weighted by Gasteiger charge is -2.33. The number of nitriles is 1. The average Bonchev–Trinajstić information content (AvgIpc) is 3.58. The molecule has 1 aliphatic carbocycles. The first kappa shape index (κ1) is 19.4. The summed E-state index contributed by atoms with van der Waals surface area (Å²) in [5.74, 6) is -0.413. The fourth-order valence-electron chi connectivity index (χ4n) is 3.96. The van der Waals surface area contributed by atoms with Gasteiger partial charge in [0.1, 0.15) is 17.7 Å². The second-order valence-electron chi connectivity index (χ2n) is 7.88. The molecule has 0 aromatic heterocycles. The van der Waals surface area contributed by atoms with E-state index >= 15 is 0 Å². The van der Waals surface area contributed by atoms with Crippen LogP contribution in [0.2, 0.25) is 0 Å². The summed E-state index contributed by atoms with van der Waals surface area (Å²) in [5.41, 5.74) is 2.55. The molecule has 2 aromatic carbocycles. The van der Waals surface area contributed by atoms with Crippen LogP contribution in [0.4, 0.5) is 14.5 Å². The fourth-order valence-corrected chi connectivity index (χ4v) is 3.96. The molecule has 0 atom stereocenters. The molecule has 4 nitrogen and oxygen atoms in total. The van der Waals surface area contributed by atoms with Crippen LogP contribution in [-0.2, 0) is 11.3 Å². The Balaban J connectivity index is 1.31. The third-order valence-corrected chi connectivity index (χ3v) is 5.86. The largest absolute Gasteiger partial charge is 0.370 e. The Morgan fingerprint density at radius 1 is 1.10 bits per heavy atom. The molecular formula is C23H23F2N3O. The van der Waals surface area contributed by atoms with Gasteiger partial charge in [0.2, 0.25) is 5.91 Å². The Morgan fingerprint density at radius 2 is 1.86 bits per heavy atom. The zero-order valence-electron chi connectivity index (χ0n) is 16.1. The number of benzene rings is 2. The van der Waals surface area contributed by atoms with Crippen molar-refractivity contribution in [2.45, 2.75) is 38.1 Å². The van der Waals surface area contributed by atoms with Gasteiger partial charge in [-0.1, -0.05) is 12.1 Å². The first-order chi connectivity index (χ1) is 14.0. The molecule has 2 aromatic rings. The SMILES string of the molecule is N#Cc1cc(F)ccc1N1CCC(C(=O)NCc2ccc(C3CC3)cc2F)CC1. The van der Waals surface area contributed by atoms with E-state index in [0.29, 0.717) is 48.7 Å². The van der Waals surface area contributed by atoms with Crippen LogP contribution in [0.5, 0.6) is 0 Å². The van der Waals surface area contributed by atoms with Crippen LogP contribution in [0.25, 0.3) is 0 Å². The lowest BCUT2D eigenvalue weighted by atomic mass is 9.95. The zero-order chi connectivity index (χ0) is 20.4. The molecule has 6 heteroatoms. The second-order valence-corrected chi connectivity index (χ2v) is 7.88. The van der Waals surface area contributed by atoms with Crippen molar-refractivity contribution >= 4 is 11.6 Å². The van der Waals surface area contributed by atoms with Crippen LogP contribution < -0.4 is 10.2 Å². The highest BCUT2D eigenvalue weighted by molar-refractivity contribution is 5.79. The van der Waals surface area contributed by atoms with E-state index in [1.54, 1.807) is 18.2 Å². The van der Waals surface area contributed by atoms with Crippen LogP contribution in [0.1, 0.15) is 48.3 Å². The first-order valence-corrected chi connectivity index (χ1v) is 10.1. The van der Waals surface area contributed by atoms with Gasteiger partial charge in [0.05, 0.1) is 11.3 Å². The van der Waals surface area contributed by atoms with E-state index in [0.717, 1.165) is 18.4 Å². The molecule has 150 valence electrons. The molecule has 0 radical (unpaired) electrons. The molecule has 0 spiro atoms. The molecule has 1 N–H and O–H groups in total. The van der Waals surface area contributed by atoms with Gasteiger partial charge in [0.25, 0.3) is 0 Å². The molecule has 1 amide bonds. The number of carbonyl (C=O) groups excluding carboxylic acids is 1. The van der Waals surface area contributed by atoms with Crippen molar-refractivity contribution in [1.29, 1.82) is 5.26 Å². The molecule has 1 aliphatic heterocycles. The van der Waals surface area contributed by atoms with Gasteiger partial charge in [0, 0.05) is 31.1 Å². The minimum Gasteiger partial charge on any atom is -0.370 e. The summed E-state index contributed by atoms with van der Waals surface area (Å²) >= 11 is 0. The summed E-state index contributed by atoms with van der Waals surface area (Å²) < 4.78 is 27.6. The number of halogens is 2. The molecule has 1 saturated carbocycles. The number of nitrogens with one attached hydrogen (secondary N) is 1. The van der Waals surface area contributed by atoms with Crippen molar-refractivity contribution < 1.29 is 13.6 Å². The van der Waals surface area contributed by atoms with Crippen LogP contribution in [-0.4, -0.2) is 19.0 Å². The van der Waals surface area contributed by atoms with Gasteiger partial charge in [-0.3, -0.25) is 4.79 Å². The number of hydrogen-bond acceptors (Lipinski definition) is 3. The molecule has 4 rings (SSSR count). The van der Waals surface area contributed by atoms with Crippen molar-refractivity contribution in [3.05, 3.63) is 64.7 Å². The van der Waals surface area contributed by atoms with Gasteiger partial charge >= 0.3 is 0 Å². The monoisotopic (exact) mass is 395 g/mol. The highest BCUT2D eigenvalue weighted by Crippen LogP contribution is 2.40. The van der Waals surface area contributed by atoms with Gasteiger partial charge in [0.15, 0.2) is 0 Å². The summed E-state index contributed by atoms with van der Waals surface area (Å²) in [6.45, 7) is 1.41. The normalized spacial score (nSPS) is 17.1. The van der Waals surface area contributed by atoms with E-state index in [1.807, 2.05) is 17.0 Å². The predicted octanol–water partition coefficient (Wildman–Crippen LogP) is 4.25. The molecule has 1 saturated heterocycles. The summed E-state index contributed by atoms with van der Waals surface area (Å²) in [6.07, 6.45) is 3.53. The van der Waals surface area contributed by atoms with Gasteiger partial charge < -0.3 is 10.2 Å². The summed E-state index contributed by atoms with van der Waals surface area (Å²) in [4.78, 5) is 14.5. The number of hydrogen-bond donors (Lipinski definition) is 1. The predicted molar refractivity (Wildman–Crippen MR) is 106 cm³/mol. The van der Waals surface area contributed by atoms with E-state index < -0.39 is 5.82 Å². The molecule has 1 heterocycles. The first-order valence-electron chi connectivity index (χ1n) is 10.1.